The van der Waals surface area contributed by atoms with Crippen molar-refractivity contribution in [2.24, 2.45) is 46.3 Å². The van der Waals surface area contributed by atoms with Crippen molar-refractivity contribution in [1.82, 2.24) is 0 Å². The normalized spacial score (nSPS) is 54.1. The van der Waals surface area contributed by atoms with Gasteiger partial charge in [-0.05, 0) is 73.0 Å². The molecule has 0 amide bonds. The topological polar surface area (TPSA) is 101 Å². The van der Waals surface area contributed by atoms with Crippen LogP contribution in [0.25, 0.3) is 0 Å². The minimum Gasteiger partial charge on any atom is -0.393 e. The van der Waals surface area contributed by atoms with Crippen LogP contribution in [0.3, 0.4) is 0 Å². The smallest absolute Gasteiger partial charge is 0.101 e. The zero-order valence-corrected chi connectivity index (χ0v) is 20.9. The third-order valence-corrected chi connectivity index (χ3v) is 11.1. The third-order valence-electron chi connectivity index (χ3n) is 11.1. The Labute approximate surface area is 194 Å². The van der Waals surface area contributed by atoms with Gasteiger partial charge in [-0.2, -0.15) is 0 Å². The summed E-state index contributed by atoms with van der Waals surface area (Å²) >= 11 is 0. The molecule has 4 aliphatic carbocycles. The van der Waals surface area contributed by atoms with Crippen LogP contribution in [0.1, 0.15) is 92.4 Å². The first kappa shape index (κ1) is 24.9. The van der Waals surface area contributed by atoms with Gasteiger partial charge < -0.3 is 25.5 Å². The molecule has 0 saturated heterocycles. The summed E-state index contributed by atoms with van der Waals surface area (Å²) in [6.07, 6.45) is 4.04. The molecule has 32 heavy (non-hydrogen) atoms. The number of aliphatic hydroxyl groups excluding tert-OH is 4. The molecule has 0 heterocycles. The molecule has 4 fully saturated rings. The Bertz CT molecular complexity index is 683. The van der Waals surface area contributed by atoms with E-state index in [9.17, 15) is 25.5 Å². The molecule has 0 aromatic carbocycles. The Morgan fingerprint density at radius 1 is 0.875 bits per heavy atom. The van der Waals surface area contributed by atoms with Gasteiger partial charge in [-0.1, -0.05) is 53.9 Å². The first-order chi connectivity index (χ1) is 14.9. The molecule has 5 heteroatoms. The van der Waals surface area contributed by atoms with Gasteiger partial charge in [-0.15, -0.1) is 0 Å². The van der Waals surface area contributed by atoms with Crippen molar-refractivity contribution in [2.45, 2.75) is 122 Å². The molecule has 12 atom stereocenters. The van der Waals surface area contributed by atoms with Gasteiger partial charge in [0.25, 0.3) is 0 Å². The highest BCUT2D eigenvalue weighted by atomic mass is 16.4. The molecule has 0 bridgehead atoms. The molecule has 186 valence electrons. The molecule has 5 N–H and O–H groups in total. The van der Waals surface area contributed by atoms with Crippen molar-refractivity contribution < 1.29 is 25.5 Å². The Morgan fingerprint density at radius 2 is 1.56 bits per heavy atom. The van der Waals surface area contributed by atoms with Gasteiger partial charge in [0.1, 0.15) is 5.60 Å². The number of hydrogen-bond donors (Lipinski definition) is 5. The number of aliphatic hydroxyl groups is 5. The van der Waals surface area contributed by atoms with E-state index in [0.717, 1.165) is 18.8 Å². The van der Waals surface area contributed by atoms with Crippen LogP contribution in [0.4, 0.5) is 0 Å². The van der Waals surface area contributed by atoms with Crippen LogP contribution < -0.4 is 0 Å². The summed E-state index contributed by atoms with van der Waals surface area (Å²) in [7, 11) is 0. The summed E-state index contributed by atoms with van der Waals surface area (Å²) in [5, 5.41) is 55.8. The average Bonchev–Trinajstić information content (AvgIpc) is 3.01. The van der Waals surface area contributed by atoms with Crippen molar-refractivity contribution in [2.75, 3.05) is 0 Å². The van der Waals surface area contributed by atoms with E-state index < -0.39 is 35.4 Å². The first-order valence-electron chi connectivity index (χ1n) is 13.3. The van der Waals surface area contributed by atoms with E-state index in [-0.39, 0.29) is 30.1 Å². The zero-order chi connectivity index (χ0) is 23.6. The Balaban J connectivity index is 1.61. The SMILES string of the molecule is CC(C)CCC[C@@H](C)[C@H]1CCC2C3C[C@@H](O)[C@@]4(O)C[C@@H](O)C[C@@H](O)[C@]4(C)C3[C@H](O)C[C@@]21C. The van der Waals surface area contributed by atoms with Gasteiger partial charge in [-0.3, -0.25) is 0 Å². The number of rotatable bonds is 5. The van der Waals surface area contributed by atoms with Gasteiger partial charge in [0.2, 0.25) is 0 Å². The fourth-order valence-electron chi connectivity index (χ4n) is 9.46. The van der Waals surface area contributed by atoms with E-state index in [0.29, 0.717) is 30.6 Å². The van der Waals surface area contributed by atoms with Crippen LogP contribution in [0.2, 0.25) is 0 Å². The maximum Gasteiger partial charge on any atom is 0.101 e. The lowest BCUT2D eigenvalue weighted by Crippen LogP contribution is -2.74. The zero-order valence-electron chi connectivity index (χ0n) is 20.9. The molecule has 4 saturated carbocycles. The minimum atomic E-state index is -1.57. The Hall–Kier alpha value is -0.200. The van der Waals surface area contributed by atoms with Gasteiger partial charge in [-0.25, -0.2) is 0 Å². The Morgan fingerprint density at radius 3 is 2.22 bits per heavy atom. The van der Waals surface area contributed by atoms with E-state index in [2.05, 4.69) is 27.7 Å². The molecule has 3 unspecified atom stereocenters. The highest BCUT2D eigenvalue weighted by molar-refractivity contribution is 5.21. The molecule has 0 radical (unpaired) electrons. The third kappa shape index (κ3) is 3.52. The lowest BCUT2D eigenvalue weighted by molar-refractivity contribution is -0.310. The Kier molecular flexibility index (Phi) is 6.60. The maximum atomic E-state index is 11.6. The predicted molar refractivity (Wildman–Crippen MR) is 125 cm³/mol. The molecule has 0 aromatic heterocycles. The molecule has 0 aliphatic heterocycles. The van der Waals surface area contributed by atoms with Crippen molar-refractivity contribution in [3.8, 4) is 0 Å². The molecular weight excluding hydrogens is 404 g/mol. The molecule has 0 spiro atoms. The van der Waals surface area contributed by atoms with Gasteiger partial charge in [0, 0.05) is 11.8 Å². The van der Waals surface area contributed by atoms with Crippen LogP contribution in [-0.4, -0.2) is 55.5 Å². The van der Waals surface area contributed by atoms with E-state index >= 15 is 0 Å². The summed E-state index contributed by atoms with van der Waals surface area (Å²) < 4.78 is 0. The van der Waals surface area contributed by atoms with Crippen LogP contribution >= 0.6 is 0 Å². The molecule has 4 aliphatic rings. The highest BCUT2D eigenvalue weighted by Crippen LogP contribution is 2.69. The number of fused-ring (bicyclic) bond motifs is 5. The van der Waals surface area contributed by atoms with Gasteiger partial charge in [0.05, 0.1) is 24.4 Å². The monoisotopic (exact) mass is 452 g/mol. The summed E-state index contributed by atoms with van der Waals surface area (Å²) in [5.74, 6) is 2.13. The van der Waals surface area contributed by atoms with Crippen molar-refractivity contribution in [3.63, 3.8) is 0 Å². The quantitative estimate of drug-likeness (QED) is 0.440. The van der Waals surface area contributed by atoms with E-state index in [4.69, 9.17) is 0 Å². The van der Waals surface area contributed by atoms with Crippen molar-refractivity contribution >= 4 is 0 Å². The fourth-order valence-corrected chi connectivity index (χ4v) is 9.46. The van der Waals surface area contributed by atoms with Crippen LogP contribution in [0.15, 0.2) is 0 Å². The molecule has 0 aromatic rings. The lowest BCUT2D eigenvalue weighted by Gasteiger charge is -2.67. The molecule has 4 rings (SSSR count). The van der Waals surface area contributed by atoms with Crippen LogP contribution in [0.5, 0.6) is 0 Å². The molecular formula is C27H48O5. The van der Waals surface area contributed by atoms with Crippen molar-refractivity contribution in [1.29, 1.82) is 0 Å². The van der Waals surface area contributed by atoms with Gasteiger partial charge >= 0.3 is 0 Å². The lowest BCUT2D eigenvalue weighted by atomic mass is 9.41. The minimum absolute atomic E-state index is 0.0303. The molecule has 5 nitrogen and oxygen atoms in total. The number of hydrogen-bond acceptors (Lipinski definition) is 5. The van der Waals surface area contributed by atoms with E-state index in [1.807, 2.05) is 6.92 Å². The second kappa shape index (κ2) is 8.48. The highest BCUT2D eigenvalue weighted by Gasteiger charge is 2.72. The largest absolute Gasteiger partial charge is 0.393 e. The van der Waals surface area contributed by atoms with E-state index in [1.54, 1.807) is 0 Å². The predicted octanol–water partition coefficient (Wildman–Crippen LogP) is 3.50. The maximum absolute atomic E-state index is 11.6. The van der Waals surface area contributed by atoms with E-state index in [1.165, 1.54) is 19.3 Å². The second-order valence-electron chi connectivity index (χ2n) is 13.1. The van der Waals surface area contributed by atoms with Crippen molar-refractivity contribution in [3.05, 3.63) is 0 Å². The first-order valence-corrected chi connectivity index (χ1v) is 13.3. The second-order valence-corrected chi connectivity index (χ2v) is 13.1. The van der Waals surface area contributed by atoms with Crippen LogP contribution in [-0.2, 0) is 0 Å². The van der Waals surface area contributed by atoms with Gasteiger partial charge in [0.15, 0.2) is 0 Å². The summed E-state index contributed by atoms with van der Waals surface area (Å²) in [5.41, 5.74) is -2.55. The summed E-state index contributed by atoms with van der Waals surface area (Å²) in [4.78, 5) is 0. The summed E-state index contributed by atoms with van der Waals surface area (Å²) in [6.45, 7) is 11.2. The fraction of sp³-hybridized carbons (Fsp3) is 1.00. The summed E-state index contributed by atoms with van der Waals surface area (Å²) in [6, 6.07) is 0. The standard InChI is InChI=1S/C27H48O5/c1-15(2)7-6-8-16(3)19-9-10-20-18-12-23(31)27(32)13-17(28)11-22(30)26(27,5)24(18)21(29)14-25(19,20)4/h15-24,28-32H,6-14H2,1-5H3/t16-,17+,18?,19-,20?,21-,22-,23-,24?,25-,26-,27+/m1/s1. The average molecular weight is 453 g/mol. The van der Waals surface area contributed by atoms with Crippen LogP contribution in [0, 0.1) is 46.3 Å².